The third kappa shape index (κ3) is 8.00. The van der Waals surface area contributed by atoms with Gasteiger partial charge < -0.3 is 13.6 Å². The predicted octanol–water partition coefficient (Wildman–Crippen LogP) is 6.53. The molecule has 0 N–H and O–H groups in total. The van der Waals surface area contributed by atoms with Crippen molar-refractivity contribution in [1.82, 2.24) is 0 Å². The molecule has 0 saturated heterocycles. The van der Waals surface area contributed by atoms with Gasteiger partial charge in [0.25, 0.3) is 0 Å². The molecule has 0 aromatic heterocycles. The van der Waals surface area contributed by atoms with Gasteiger partial charge in [0.1, 0.15) is 12.7 Å². The van der Waals surface area contributed by atoms with E-state index in [0.717, 1.165) is 5.56 Å². The van der Waals surface area contributed by atoms with Crippen molar-refractivity contribution in [3.63, 3.8) is 0 Å². The summed E-state index contributed by atoms with van der Waals surface area (Å²) >= 11 is 0. The first-order valence-electron chi connectivity index (χ1n) is 10.6. The van der Waals surface area contributed by atoms with Crippen LogP contribution in [0.1, 0.15) is 53.5 Å². The molecule has 0 amide bonds. The van der Waals surface area contributed by atoms with Crippen LogP contribution in [0.25, 0.3) is 0 Å². The molecule has 0 spiro atoms. The van der Waals surface area contributed by atoms with E-state index in [1.165, 1.54) is 0 Å². The molecule has 6 heteroatoms. The van der Waals surface area contributed by atoms with Crippen LogP contribution in [0.15, 0.2) is 30.3 Å². The Labute approximate surface area is 180 Å². The highest BCUT2D eigenvalue weighted by Crippen LogP contribution is 2.39. The van der Waals surface area contributed by atoms with E-state index in [-0.39, 0.29) is 22.7 Å². The van der Waals surface area contributed by atoms with Gasteiger partial charge in [-0.25, -0.2) is 4.79 Å². The number of hydrogen-bond acceptors (Lipinski definition) is 4. The molecule has 0 radical (unpaired) electrons. The fourth-order valence-electron chi connectivity index (χ4n) is 2.22. The third-order valence-corrected chi connectivity index (χ3v) is 15.4. The van der Waals surface area contributed by atoms with Crippen molar-refractivity contribution >= 4 is 22.6 Å². The molecule has 0 aliphatic rings. The summed E-state index contributed by atoms with van der Waals surface area (Å²) in [5.74, 6) is -0.294. The van der Waals surface area contributed by atoms with Crippen LogP contribution in [-0.2, 0) is 25.0 Å². The number of esters is 1. The molecule has 0 fully saturated rings. The van der Waals surface area contributed by atoms with Gasteiger partial charge >= 0.3 is 5.97 Å². The largest absolute Gasteiger partial charge is 0.459 e. The molecule has 1 aromatic carbocycles. The molecule has 0 unspecified atom stereocenters. The monoisotopic (exact) mass is 438 g/mol. The van der Waals surface area contributed by atoms with E-state index >= 15 is 0 Å². The van der Waals surface area contributed by atoms with Gasteiger partial charge in [0, 0.05) is 13.0 Å². The minimum atomic E-state index is -2.12. The molecule has 0 aliphatic carbocycles. The van der Waals surface area contributed by atoms with Crippen molar-refractivity contribution in [2.45, 2.75) is 96.9 Å². The second-order valence-electron chi connectivity index (χ2n) is 10.9. The summed E-state index contributed by atoms with van der Waals surface area (Å²) in [6.45, 7) is 22.8. The third-order valence-electron chi connectivity index (χ3n) is 6.38. The Morgan fingerprint density at radius 1 is 0.897 bits per heavy atom. The van der Waals surface area contributed by atoms with Crippen LogP contribution in [-0.4, -0.2) is 35.3 Å². The van der Waals surface area contributed by atoms with Gasteiger partial charge in [-0.3, -0.25) is 0 Å². The van der Waals surface area contributed by atoms with Gasteiger partial charge in [0.15, 0.2) is 16.6 Å². The van der Waals surface area contributed by atoms with Crippen molar-refractivity contribution in [3.8, 4) is 0 Å². The van der Waals surface area contributed by atoms with Crippen molar-refractivity contribution in [2.75, 3.05) is 6.61 Å². The predicted molar refractivity (Wildman–Crippen MR) is 126 cm³/mol. The number of benzene rings is 1. The molecule has 1 atom stereocenters. The van der Waals surface area contributed by atoms with Gasteiger partial charge in [0.05, 0.1) is 0 Å². The Hall–Kier alpha value is -0.956. The van der Waals surface area contributed by atoms with Crippen LogP contribution in [0.3, 0.4) is 0 Å². The molecule has 166 valence electrons. The molecule has 1 rings (SSSR count). The topological polar surface area (TPSA) is 44.8 Å². The number of hydrogen-bond donors (Lipinski definition) is 0. The van der Waals surface area contributed by atoms with E-state index in [1.807, 2.05) is 30.3 Å². The second-order valence-corrected chi connectivity index (χ2v) is 20.4. The van der Waals surface area contributed by atoms with Crippen LogP contribution in [0, 0.1) is 0 Å². The minimum absolute atomic E-state index is 0.0191. The maximum Gasteiger partial charge on any atom is 0.334 e. The van der Waals surface area contributed by atoms with Crippen LogP contribution in [0.5, 0.6) is 0 Å². The van der Waals surface area contributed by atoms with E-state index < -0.39 is 22.7 Å². The van der Waals surface area contributed by atoms with Crippen LogP contribution in [0.4, 0.5) is 0 Å². The highest BCUT2D eigenvalue weighted by molar-refractivity contribution is 6.74. The Morgan fingerprint density at radius 2 is 1.41 bits per heavy atom. The minimum Gasteiger partial charge on any atom is -0.459 e. The summed E-state index contributed by atoms with van der Waals surface area (Å²) in [5.41, 5.74) is 0.976. The quantitative estimate of drug-likeness (QED) is 0.325. The first-order chi connectivity index (χ1) is 13.1. The second kappa shape index (κ2) is 9.90. The smallest absolute Gasteiger partial charge is 0.334 e. The van der Waals surface area contributed by atoms with Gasteiger partial charge in [-0.05, 0) is 41.8 Å². The van der Waals surface area contributed by atoms with Crippen molar-refractivity contribution in [3.05, 3.63) is 35.9 Å². The number of carbonyl (C=O) groups excluding carboxylic acids is 1. The highest BCUT2D eigenvalue weighted by atomic mass is 28.4. The molecule has 0 heterocycles. The molecule has 0 aliphatic heterocycles. The van der Waals surface area contributed by atoms with Gasteiger partial charge in [-0.1, -0.05) is 71.9 Å². The lowest BCUT2D eigenvalue weighted by atomic mass is 10.2. The SMILES string of the molecule is CC(C)(C)[Si](C)(C)OCC[C@H](O[Si](C)(C)C(C)(C)C)C(=O)OCc1ccccc1. The summed E-state index contributed by atoms with van der Waals surface area (Å²) in [7, 11) is -3.99. The summed E-state index contributed by atoms with van der Waals surface area (Å²) in [6, 6.07) is 9.75. The highest BCUT2D eigenvalue weighted by Gasteiger charge is 2.42. The summed E-state index contributed by atoms with van der Waals surface area (Å²) in [4.78, 5) is 12.9. The van der Waals surface area contributed by atoms with Gasteiger partial charge in [-0.2, -0.15) is 0 Å². The Balaban J connectivity index is 2.84. The Kier molecular flexibility index (Phi) is 8.90. The molecule has 0 saturated carbocycles. The fourth-order valence-corrected chi connectivity index (χ4v) is 4.56. The standard InChI is InChI=1S/C23H42O4Si2/c1-22(2,3)28(7,8)26-17-16-20(27-29(9,10)23(4,5)6)21(24)25-18-19-14-12-11-13-15-19/h11-15,20H,16-18H2,1-10H3/t20-/m0/s1. The molecule has 4 nitrogen and oxygen atoms in total. The molecule has 1 aromatic rings. The summed E-state index contributed by atoms with van der Waals surface area (Å²) in [6.07, 6.45) is -0.0727. The zero-order valence-corrected chi connectivity index (χ0v) is 22.2. The van der Waals surface area contributed by atoms with Gasteiger partial charge in [-0.15, -0.1) is 0 Å². The molecule has 0 bridgehead atoms. The van der Waals surface area contributed by atoms with E-state index in [1.54, 1.807) is 0 Å². The fraction of sp³-hybridized carbons (Fsp3) is 0.696. The number of ether oxygens (including phenoxy) is 1. The average Bonchev–Trinajstić information content (AvgIpc) is 2.57. The van der Waals surface area contributed by atoms with E-state index in [9.17, 15) is 4.79 Å². The van der Waals surface area contributed by atoms with Crippen LogP contribution < -0.4 is 0 Å². The van der Waals surface area contributed by atoms with E-state index in [0.29, 0.717) is 13.0 Å². The summed E-state index contributed by atoms with van der Waals surface area (Å²) < 4.78 is 18.4. The van der Waals surface area contributed by atoms with Crippen LogP contribution >= 0.6 is 0 Å². The lowest BCUT2D eigenvalue weighted by Crippen LogP contribution is -2.47. The summed E-state index contributed by atoms with van der Waals surface area (Å²) in [5, 5.41) is 0.155. The zero-order chi connectivity index (χ0) is 22.5. The maximum absolute atomic E-state index is 12.9. The first kappa shape index (κ1) is 26.1. The maximum atomic E-state index is 12.9. The van der Waals surface area contributed by atoms with Crippen molar-refractivity contribution in [2.24, 2.45) is 0 Å². The molecular weight excluding hydrogens is 396 g/mol. The zero-order valence-electron chi connectivity index (χ0n) is 20.2. The molecule has 29 heavy (non-hydrogen) atoms. The first-order valence-corrected chi connectivity index (χ1v) is 16.4. The van der Waals surface area contributed by atoms with Crippen LogP contribution in [0.2, 0.25) is 36.3 Å². The van der Waals surface area contributed by atoms with E-state index in [4.69, 9.17) is 13.6 Å². The lowest BCUT2D eigenvalue weighted by molar-refractivity contribution is -0.154. The van der Waals surface area contributed by atoms with Crippen molar-refractivity contribution in [1.29, 1.82) is 0 Å². The Morgan fingerprint density at radius 3 is 1.90 bits per heavy atom. The van der Waals surface area contributed by atoms with E-state index in [2.05, 4.69) is 67.7 Å². The Bertz CT molecular complexity index is 643. The number of rotatable bonds is 9. The molecular formula is C23H42O4Si2. The normalized spacial score (nSPS) is 14.6. The van der Waals surface area contributed by atoms with Crippen molar-refractivity contribution < 1.29 is 18.4 Å². The van der Waals surface area contributed by atoms with Gasteiger partial charge in [0.2, 0.25) is 0 Å². The number of carbonyl (C=O) groups is 1. The lowest BCUT2D eigenvalue weighted by Gasteiger charge is -2.39. The average molecular weight is 439 g/mol.